The molecule has 0 atom stereocenters. The van der Waals surface area contributed by atoms with Gasteiger partial charge in [-0.3, -0.25) is 9.69 Å². The topological polar surface area (TPSA) is 62.5 Å². The third-order valence-electron chi connectivity index (χ3n) is 4.15. The molecular weight excluding hydrogens is 323 g/mol. The van der Waals surface area contributed by atoms with Crippen LogP contribution in [0.25, 0.3) is 6.08 Å². The molecule has 1 aliphatic rings. The van der Waals surface area contributed by atoms with Crippen LogP contribution in [0.4, 0.5) is 4.39 Å². The highest BCUT2D eigenvalue weighted by molar-refractivity contribution is 5.91. The van der Waals surface area contributed by atoms with Crippen molar-refractivity contribution in [2.75, 3.05) is 26.2 Å². The number of carbonyl (C=O) groups is 1. The Bertz CT molecular complexity index is 734. The summed E-state index contributed by atoms with van der Waals surface area (Å²) in [5.74, 6) is 1.02. The number of nitrogens with zero attached hydrogens (tertiary/aromatic N) is 4. The zero-order valence-corrected chi connectivity index (χ0v) is 14.2. The molecule has 1 aromatic heterocycles. The summed E-state index contributed by atoms with van der Waals surface area (Å²) in [6.45, 7) is 5.46. The number of halogens is 1. The van der Waals surface area contributed by atoms with Crippen LogP contribution in [0.1, 0.15) is 24.2 Å². The average Bonchev–Trinajstić information content (AvgIpc) is 3.09. The Kier molecular flexibility index (Phi) is 5.55. The molecule has 2 aromatic rings. The Balaban J connectivity index is 1.47. The van der Waals surface area contributed by atoms with Crippen LogP contribution in [0, 0.1) is 5.82 Å². The van der Waals surface area contributed by atoms with Gasteiger partial charge in [0, 0.05) is 38.7 Å². The summed E-state index contributed by atoms with van der Waals surface area (Å²) in [4.78, 5) is 20.6. The largest absolute Gasteiger partial charge is 0.339 e. The van der Waals surface area contributed by atoms with Gasteiger partial charge in [0.05, 0.1) is 6.54 Å². The van der Waals surface area contributed by atoms with E-state index >= 15 is 0 Å². The van der Waals surface area contributed by atoms with Gasteiger partial charge in [0.2, 0.25) is 11.8 Å². The smallest absolute Gasteiger partial charge is 0.246 e. The lowest BCUT2D eigenvalue weighted by molar-refractivity contribution is -0.127. The van der Waals surface area contributed by atoms with Gasteiger partial charge in [0.15, 0.2) is 5.82 Å². The zero-order valence-electron chi connectivity index (χ0n) is 14.2. The molecule has 0 spiro atoms. The summed E-state index contributed by atoms with van der Waals surface area (Å²) in [7, 11) is 0. The minimum Gasteiger partial charge on any atom is -0.339 e. The second-order valence-electron chi connectivity index (χ2n) is 5.94. The van der Waals surface area contributed by atoms with Gasteiger partial charge in [-0.1, -0.05) is 24.2 Å². The molecule has 1 aliphatic heterocycles. The second-order valence-corrected chi connectivity index (χ2v) is 5.94. The molecule has 25 heavy (non-hydrogen) atoms. The quantitative estimate of drug-likeness (QED) is 0.778. The molecule has 1 aromatic carbocycles. The molecule has 132 valence electrons. The van der Waals surface area contributed by atoms with E-state index in [4.69, 9.17) is 4.52 Å². The zero-order chi connectivity index (χ0) is 17.6. The van der Waals surface area contributed by atoms with E-state index in [0.717, 1.165) is 25.1 Å². The van der Waals surface area contributed by atoms with Crippen LogP contribution in [-0.4, -0.2) is 52.0 Å². The minimum atomic E-state index is -0.285. The Hall–Kier alpha value is -2.54. The van der Waals surface area contributed by atoms with Gasteiger partial charge in [0.1, 0.15) is 5.82 Å². The van der Waals surface area contributed by atoms with E-state index in [1.54, 1.807) is 18.2 Å². The number of amides is 1. The summed E-state index contributed by atoms with van der Waals surface area (Å²) in [5.41, 5.74) is 0.803. The molecule has 1 saturated heterocycles. The molecule has 6 nitrogen and oxygen atoms in total. The van der Waals surface area contributed by atoms with Crippen molar-refractivity contribution in [3.05, 3.63) is 53.4 Å². The molecule has 0 N–H and O–H groups in total. The molecule has 1 amide bonds. The summed E-state index contributed by atoms with van der Waals surface area (Å²) in [6.07, 6.45) is 3.98. The highest BCUT2D eigenvalue weighted by Gasteiger charge is 2.21. The fourth-order valence-electron chi connectivity index (χ4n) is 2.67. The maximum Gasteiger partial charge on any atom is 0.246 e. The van der Waals surface area contributed by atoms with Gasteiger partial charge >= 0.3 is 0 Å². The number of aromatic nitrogens is 2. The van der Waals surface area contributed by atoms with Crippen molar-refractivity contribution in [1.82, 2.24) is 19.9 Å². The lowest BCUT2D eigenvalue weighted by Gasteiger charge is -2.33. The lowest BCUT2D eigenvalue weighted by atomic mass is 10.2. The second kappa shape index (κ2) is 8.02. The van der Waals surface area contributed by atoms with Crippen LogP contribution in [0.3, 0.4) is 0 Å². The normalized spacial score (nSPS) is 15.8. The maximum atomic E-state index is 12.9. The van der Waals surface area contributed by atoms with Gasteiger partial charge in [0.25, 0.3) is 0 Å². The summed E-state index contributed by atoms with van der Waals surface area (Å²) < 4.78 is 18.0. The van der Waals surface area contributed by atoms with E-state index < -0.39 is 0 Å². The number of piperazine rings is 1. The lowest BCUT2D eigenvalue weighted by Crippen LogP contribution is -2.47. The molecule has 2 heterocycles. The van der Waals surface area contributed by atoms with Gasteiger partial charge in [-0.05, 0) is 23.8 Å². The Labute approximate surface area is 145 Å². The van der Waals surface area contributed by atoms with Crippen LogP contribution < -0.4 is 0 Å². The van der Waals surface area contributed by atoms with Gasteiger partial charge < -0.3 is 9.42 Å². The number of hydrogen-bond acceptors (Lipinski definition) is 5. The van der Waals surface area contributed by atoms with E-state index in [-0.39, 0.29) is 11.7 Å². The fourth-order valence-corrected chi connectivity index (χ4v) is 2.67. The molecule has 0 aliphatic carbocycles. The van der Waals surface area contributed by atoms with Gasteiger partial charge in [-0.2, -0.15) is 4.98 Å². The Morgan fingerprint density at radius 2 is 1.96 bits per heavy atom. The molecule has 0 saturated carbocycles. The minimum absolute atomic E-state index is 0.0307. The van der Waals surface area contributed by atoms with E-state index in [1.165, 1.54) is 18.2 Å². The van der Waals surface area contributed by atoms with Crippen LogP contribution in [0.15, 0.2) is 34.9 Å². The molecule has 1 fully saturated rings. The number of rotatable bonds is 5. The first-order chi connectivity index (χ1) is 12.1. The van der Waals surface area contributed by atoms with Crippen molar-refractivity contribution in [3.8, 4) is 0 Å². The average molecular weight is 344 g/mol. The van der Waals surface area contributed by atoms with E-state index in [2.05, 4.69) is 15.0 Å². The predicted molar refractivity (Wildman–Crippen MR) is 91.0 cm³/mol. The van der Waals surface area contributed by atoms with Gasteiger partial charge in [-0.25, -0.2) is 4.39 Å². The van der Waals surface area contributed by atoms with Crippen molar-refractivity contribution in [2.45, 2.75) is 19.9 Å². The molecule has 7 heteroatoms. The number of carbonyl (C=O) groups excluding carboxylic acids is 1. The first kappa shape index (κ1) is 17.3. The summed E-state index contributed by atoms with van der Waals surface area (Å²) >= 11 is 0. The number of aryl methyl sites for hydroxylation is 1. The van der Waals surface area contributed by atoms with E-state index in [1.807, 2.05) is 11.8 Å². The van der Waals surface area contributed by atoms with Crippen molar-refractivity contribution in [1.29, 1.82) is 0 Å². The van der Waals surface area contributed by atoms with Crippen molar-refractivity contribution < 1.29 is 13.7 Å². The first-order valence-electron chi connectivity index (χ1n) is 8.40. The summed E-state index contributed by atoms with van der Waals surface area (Å²) in [6, 6.07) is 6.05. The third kappa shape index (κ3) is 4.73. The fraction of sp³-hybridized carbons (Fsp3) is 0.389. The first-order valence-corrected chi connectivity index (χ1v) is 8.40. The van der Waals surface area contributed by atoms with Crippen LogP contribution >= 0.6 is 0 Å². The third-order valence-corrected chi connectivity index (χ3v) is 4.15. The SMILES string of the molecule is CCc1nc(CN2CCN(C(=O)/C=C/c3ccc(F)cc3)CC2)no1. The molecule has 3 rings (SSSR count). The van der Waals surface area contributed by atoms with Gasteiger partial charge in [-0.15, -0.1) is 0 Å². The highest BCUT2D eigenvalue weighted by Crippen LogP contribution is 2.09. The predicted octanol–water partition coefficient (Wildman–Crippen LogP) is 2.13. The molecule has 0 bridgehead atoms. The van der Waals surface area contributed by atoms with Crippen LogP contribution in [-0.2, 0) is 17.8 Å². The standard InChI is InChI=1S/C18H21FN4O2/c1-2-17-20-16(21-25-17)13-22-9-11-23(12-10-22)18(24)8-5-14-3-6-15(19)7-4-14/h3-8H,2,9-13H2,1H3/b8-5+. The van der Waals surface area contributed by atoms with Crippen molar-refractivity contribution in [3.63, 3.8) is 0 Å². The molecule has 0 radical (unpaired) electrons. The van der Waals surface area contributed by atoms with Crippen LogP contribution in [0.2, 0.25) is 0 Å². The van der Waals surface area contributed by atoms with E-state index in [9.17, 15) is 9.18 Å². The summed E-state index contributed by atoms with van der Waals surface area (Å²) in [5, 5.41) is 3.96. The van der Waals surface area contributed by atoms with Crippen LogP contribution in [0.5, 0.6) is 0 Å². The molecular formula is C18H21FN4O2. The number of hydrogen-bond donors (Lipinski definition) is 0. The van der Waals surface area contributed by atoms with Crippen molar-refractivity contribution in [2.24, 2.45) is 0 Å². The Morgan fingerprint density at radius 1 is 1.24 bits per heavy atom. The highest BCUT2D eigenvalue weighted by atomic mass is 19.1. The monoisotopic (exact) mass is 344 g/mol. The number of benzene rings is 1. The Morgan fingerprint density at radius 3 is 2.60 bits per heavy atom. The van der Waals surface area contributed by atoms with E-state index in [0.29, 0.717) is 31.3 Å². The maximum absolute atomic E-state index is 12.9. The van der Waals surface area contributed by atoms with Crippen molar-refractivity contribution >= 4 is 12.0 Å². The molecule has 0 unspecified atom stereocenters.